The number of rotatable bonds is 5. The van der Waals surface area contributed by atoms with Crippen molar-refractivity contribution in [3.8, 4) is 5.75 Å². The number of aryl methyl sites for hydroxylation is 3. The molecule has 1 heterocycles. The standard InChI is InChI=1S/C21H23N3O2/c1-14-9-10-15(2)21(16(14)3)26-13-20(25)23-22-11-17-12-24(4)19-8-6-5-7-18(17)19/h5-12H,13H2,1-4H3,(H,23,25). The lowest BCUT2D eigenvalue weighted by Crippen LogP contribution is -2.25. The van der Waals surface area contributed by atoms with E-state index in [4.69, 9.17) is 4.74 Å². The van der Waals surface area contributed by atoms with Gasteiger partial charge in [-0.2, -0.15) is 5.10 Å². The molecule has 5 heteroatoms. The lowest BCUT2D eigenvalue weighted by molar-refractivity contribution is -0.123. The van der Waals surface area contributed by atoms with Gasteiger partial charge in [-0.05, 0) is 43.5 Å². The van der Waals surface area contributed by atoms with Gasteiger partial charge >= 0.3 is 0 Å². The van der Waals surface area contributed by atoms with Crippen LogP contribution in [-0.2, 0) is 11.8 Å². The first kappa shape index (κ1) is 17.7. The predicted molar refractivity (Wildman–Crippen MR) is 105 cm³/mol. The summed E-state index contributed by atoms with van der Waals surface area (Å²) in [6, 6.07) is 12.1. The molecule has 0 aliphatic rings. The minimum absolute atomic E-state index is 0.0714. The molecule has 0 aliphatic heterocycles. The number of hydrogen-bond donors (Lipinski definition) is 1. The minimum atomic E-state index is -0.290. The fourth-order valence-corrected chi connectivity index (χ4v) is 2.97. The van der Waals surface area contributed by atoms with E-state index in [1.165, 1.54) is 0 Å². The van der Waals surface area contributed by atoms with E-state index in [0.717, 1.165) is 38.9 Å². The Hall–Kier alpha value is -3.08. The number of amides is 1. The Labute approximate surface area is 153 Å². The van der Waals surface area contributed by atoms with Gasteiger partial charge in [0.1, 0.15) is 5.75 Å². The van der Waals surface area contributed by atoms with E-state index in [1.54, 1.807) is 6.21 Å². The van der Waals surface area contributed by atoms with Crippen LogP contribution in [0.15, 0.2) is 47.7 Å². The number of benzene rings is 2. The molecule has 1 N–H and O–H groups in total. The van der Waals surface area contributed by atoms with E-state index in [1.807, 2.05) is 75.0 Å². The van der Waals surface area contributed by atoms with Crippen molar-refractivity contribution >= 4 is 23.0 Å². The number of carbonyl (C=O) groups excluding carboxylic acids is 1. The third-order valence-electron chi connectivity index (χ3n) is 4.54. The second kappa shape index (κ2) is 7.44. The zero-order chi connectivity index (χ0) is 18.7. The molecular weight excluding hydrogens is 326 g/mol. The molecule has 0 atom stereocenters. The summed E-state index contributed by atoms with van der Waals surface area (Å²) in [4.78, 5) is 12.0. The van der Waals surface area contributed by atoms with E-state index < -0.39 is 0 Å². The average Bonchev–Trinajstić information content (AvgIpc) is 2.95. The van der Waals surface area contributed by atoms with E-state index in [9.17, 15) is 4.79 Å². The van der Waals surface area contributed by atoms with Crippen molar-refractivity contribution in [3.63, 3.8) is 0 Å². The zero-order valence-corrected chi connectivity index (χ0v) is 15.5. The largest absolute Gasteiger partial charge is 0.483 e. The van der Waals surface area contributed by atoms with Crippen LogP contribution in [0.3, 0.4) is 0 Å². The summed E-state index contributed by atoms with van der Waals surface area (Å²) in [5.74, 6) is 0.472. The quantitative estimate of drug-likeness (QED) is 0.565. The van der Waals surface area contributed by atoms with Crippen LogP contribution in [0.4, 0.5) is 0 Å². The molecule has 3 rings (SSSR count). The summed E-state index contributed by atoms with van der Waals surface area (Å²) in [6.07, 6.45) is 3.64. The molecule has 0 unspecified atom stereocenters. The number of nitrogens with zero attached hydrogens (tertiary/aromatic N) is 2. The minimum Gasteiger partial charge on any atom is -0.483 e. The first-order valence-corrected chi connectivity index (χ1v) is 8.53. The number of hydrazone groups is 1. The lowest BCUT2D eigenvalue weighted by atomic mass is 10.1. The SMILES string of the molecule is Cc1ccc(C)c(OCC(=O)NN=Cc2cn(C)c3ccccc23)c1C. The molecule has 5 nitrogen and oxygen atoms in total. The van der Waals surface area contributed by atoms with Crippen LogP contribution >= 0.6 is 0 Å². The molecule has 134 valence electrons. The smallest absolute Gasteiger partial charge is 0.277 e. The van der Waals surface area contributed by atoms with Crippen LogP contribution in [0.2, 0.25) is 0 Å². The Morgan fingerprint density at radius 1 is 1.15 bits per heavy atom. The molecule has 0 saturated heterocycles. The van der Waals surface area contributed by atoms with Crippen LogP contribution in [0.25, 0.3) is 10.9 Å². The Morgan fingerprint density at radius 3 is 2.69 bits per heavy atom. The highest BCUT2D eigenvalue weighted by molar-refractivity contribution is 5.99. The van der Waals surface area contributed by atoms with Crippen LogP contribution in [0, 0.1) is 20.8 Å². The molecule has 0 fully saturated rings. The maximum atomic E-state index is 12.0. The Balaban J connectivity index is 1.62. The first-order valence-electron chi connectivity index (χ1n) is 8.53. The molecule has 0 bridgehead atoms. The molecule has 3 aromatic rings. The van der Waals surface area contributed by atoms with Crippen molar-refractivity contribution in [3.05, 3.63) is 64.8 Å². The molecule has 0 aliphatic carbocycles. The van der Waals surface area contributed by atoms with Crippen LogP contribution < -0.4 is 10.2 Å². The van der Waals surface area contributed by atoms with E-state index >= 15 is 0 Å². The third kappa shape index (κ3) is 3.61. The van der Waals surface area contributed by atoms with Gasteiger partial charge in [0, 0.05) is 29.7 Å². The maximum absolute atomic E-state index is 12.0. The Kier molecular flexibility index (Phi) is 5.07. The summed E-state index contributed by atoms with van der Waals surface area (Å²) in [5, 5.41) is 5.15. The number of ether oxygens (including phenoxy) is 1. The molecule has 0 saturated carbocycles. The summed E-state index contributed by atoms with van der Waals surface area (Å²) < 4.78 is 7.73. The molecule has 2 aromatic carbocycles. The summed E-state index contributed by atoms with van der Waals surface area (Å²) >= 11 is 0. The average molecular weight is 349 g/mol. The summed E-state index contributed by atoms with van der Waals surface area (Å²) in [5.41, 5.74) is 7.80. The van der Waals surface area contributed by atoms with Gasteiger partial charge in [0.05, 0.1) is 6.21 Å². The number of fused-ring (bicyclic) bond motifs is 1. The van der Waals surface area contributed by atoms with Crippen molar-refractivity contribution in [2.75, 3.05) is 6.61 Å². The summed E-state index contributed by atoms with van der Waals surface area (Å²) in [7, 11) is 1.98. The molecule has 1 amide bonds. The van der Waals surface area contributed by atoms with Gasteiger partial charge in [0.2, 0.25) is 0 Å². The van der Waals surface area contributed by atoms with Gasteiger partial charge in [-0.1, -0.05) is 30.3 Å². The lowest BCUT2D eigenvalue weighted by Gasteiger charge is -2.13. The topological polar surface area (TPSA) is 55.6 Å². The number of hydrogen-bond acceptors (Lipinski definition) is 3. The van der Waals surface area contributed by atoms with E-state index in [2.05, 4.69) is 10.5 Å². The van der Waals surface area contributed by atoms with Gasteiger partial charge < -0.3 is 9.30 Å². The Bertz CT molecular complexity index is 986. The van der Waals surface area contributed by atoms with Gasteiger partial charge in [-0.25, -0.2) is 5.43 Å². The number of nitrogens with one attached hydrogen (secondary N) is 1. The number of para-hydroxylation sites is 1. The molecular formula is C21H23N3O2. The fourth-order valence-electron chi connectivity index (χ4n) is 2.97. The zero-order valence-electron chi connectivity index (χ0n) is 15.5. The van der Waals surface area contributed by atoms with Crippen molar-refractivity contribution in [1.29, 1.82) is 0 Å². The van der Waals surface area contributed by atoms with Crippen molar-refractivity contribution in [2.45, 2.75) is 20.8 Å². The second-order valence-electron chi connectivity index (χ2n) is 6.45. The highest BCUT2D eigenvalue weighted by Gasteiger charge is 2.09. The normalized spacial score (nSPS) is 11.2. The summed E-state index contributed by atoms with van der Waals surface area (Å²) in [6.45, 7) is 5.92. The van der Waals surface area contributed by atoms with Gasteiger partial charge in [0.15, 0.2) is 6.61 Å². The second-order valence-corrected chi connectivity index (χ2v) is 6.45. The van der Waals surface area contributed by atoms with Gasteiger partial charge in [-0.15, -0.1) is 0 Å². The van der Waals surface area contributed by atoms with Crippen LogP contribution in [0.1, 0.15) is 22.3 Å². The monoisotopic (exact) mass is 349 g/mol. The molecule has 1 aromatic heterocycles. The van der Waals surface area contributed by atoms with Crippen molar-refractivity contribution in [1.82, 2.24) is 9.99 Å². The number of aromatic nitrogens is 1. The first-order chi connectivity index (χ1) is 12.5. The predicted octanol–water partition coefficient (Wildman–Crippen LogP) is 3.63. The van der Waals surface area contributed by atoms with Crippen LogP contribution in [-0.4, -0.2) is 23.3 Å². The van der Waals surface area contributed by atoms with Crippen LogP contribution in [0.5, 0.6) is 5.75 Å². The van der Waals surface area contributed by atoms with Crippen molar-refractivity contribution in [2.24, 2.45) is 12.1 Å². The highest BCUT2D eigenvalue weighted by Crippen LogP contribution is 2.25. The molecule has 26 heavy (non-hydrogen) atoms. The third-order valence-corrected chi connectivity index (χ3v) is 4.54. The number of carbonyl (C=O) groups is 1. The Morgan fingerprint density at radius 2 is 1.88 bits per heavy atom. The van der Waals surface area contributed by atoms with Gasteiger partial charge in [0.25, 0.3) is 5.91 Å². The molecule has 0 radical (unpaired) electrons. The van der Waals surface area contributed by atoms with E-state index in [-0.39, 0.29) is 12.5 Å². The van der Waals surface area contributed by atoms with Gasteiger partial charge in [-0.3, -0.25) is 4.79 Å². The fraction of sp³-hybridized carbons (Fsp3) is 0.238. The maximum Gasteiger partial charge on any atom is 0.277 e. The van der Waals surface area contributed by atoms with Crippen molar-refractivity contribution < 1.29 is 9.53 Å². The van der Waals surface area contributed by atoms with E-state index in [0.29, 0.717) is 0 Å². The highest BCUT2D eigenvalue weighted by atomic mass is 16.5. The molecule has 0 spiro atoms.